The summed E-state index contributed by atoms with van der Waals surface area (Å²) in [6.07, 6.45) is 1.00. The number of rotatable bonds is 8. The molecule has 1 aliphatic heterocycles. The van der Waals surface area contributed by atoms with Crippen LogP contribution < -0.4 is 4.84 Å². The third-order valence-corrected chi connectivity index (χ3v) is 5.79. The van der Waals surface area contributed by atoms with Crippen molar-refractivity contribution in [2.75, 3.05) is 26.3 Å². The smallest absolute Gasteiger partial charge is 0.185 e. The van der Waals surface area contributed by atoms with E-state index in [1.165, 1.54) is 6.07 Å². The molecule has 0 saturated carbocycles. The zero-order chi connectivity index (χ0) is 24.2. The Morgan fingerprint density at radius 1 is 1.12 bits per heavy atom. The fourth-order valence-corrected chi connectivity index (χ4v) is 3.99. The van der Waals surface area contributed by atoms with Gasteiger partial charge in [-0.2, -0.15) is 0 Å². The first-order chi connectivity index (χ1) is 16.4. The second-order valence-electron chi connectivity index (χ2n) is 8.65. The first-order valence-electron chi connectivity index (χ1n) is 11.6. The van der Waals surface area contributed by atoms with Crippen molar-refractivity contribution in [3.8, 4) is 39.7 Å². The lowest BCUT2D eigenvalue weighted by atomic mass is 9.93. The van der Waals surface area contributed by atoms with E-state index in [0.717, 1.165) is 0 Å². The van der Waals surface area contributed by atoms with E-state index in [9.17, 15) is 15.0 Å². The Hall–Kier alpha value is -3.36. The number of ether oxygens (including phenoxy) is 1. The normalized spacial score (nSPS) is 14.5. The van der Waals surface area contributed by atoms with Crippen LogP contribution in [0.5, 0.6) is 17.2 Å². The van der Waals surface area contributed by atoms with Gasteiger partial charge in [-0.1, -0.05) is 38.1 Å². The number of carbonyl (C=O) groups excluding carboxylic acids is 1. The van der Waals surface area contributed by atoms with Crippen molar-refractivity contribution >= 4 is 5.78 Å². The number of benzene rings is 2. The zero-order valence-corrected chi connectivity index (χ0v) is 19.7. The Labute approximate surface area is 198 Å². The second kappa shape index (κ2) is 10.3. The molecule has 0 amide bonds. The summed E-state index contributed by atoms with van der Waals surface area (Å²) in [6.45, 7) is 8.44. The molecule has 0 radical (unpaired) electrons. The summed E-state index contributed by atoms with van der Waals surface area (Å²) in [5.74, 6) is 0.678. The third kappa shape index (κ3) is 4.93. The van der Waals surface area contributed by atoms with Crippen LogP contribution >= 0.6 is 0 Å². The number of morpholine rings is 1. The molecular weight excluding hydrogens is 436 g/mol. The lowest BCUT2D eigenvalue weighted by molar-refractivity contribution is -0.118. The molecule has 1 aromatic heterocycles. The molecule has 1 fully saturated rings. The highest BCUT2D eigenvalue weighted by atomic mass is 16.7. The molecule has 2 heterocycles. The fourth-order valence-electron chi connectivity index (χ4n) is 3.99. The van der Waals surface area contributed by atoms with Gasteiger partial charge in [-0.05, 0) is 41.7 Å². The Kier molecular flexibility index (Phi) is 7.19. The second-order valence-corrected chi connectivity index (χ2v) is 8.65. The number of phenolic OH excluding ortho intramolecular Hbond substituents is 2. The molecule has 34 heavy (non-hydrogen) atoms. The van der Waals surface area contributed by atoms with E-state index < -0.39 is 0 Å². The molecule has 0 unspecified atom stereocenters. The standard InChI is InChI=1S/C26H30N2O6/c1-4-5-21(29)25-24(17-6-8-18(9-7-17)34-28-10-12-32-13-11-28)26(33-27-25)20-14-19(16(2)3)22(30)15-23(20)31/h6-9,14-16,30-31H,4-5,10-13H2,1-3H3. The van der Waals surface area contributed by atoms with Crippen molar-refractivity contribution in [3.63, 3.8) is 0 Å². The number of phenols is 2. The molecule has 180 valence electrons. The molecular formula is C26H30N2O6. The quantitative estimate of drug-likeness (QED) is 0.439. The summed E-state index contributed by atoms with van der Waals surface area (Å²) in [5.41, 5.74) is 2.46. The SMILES string of the molecule is CCCC(=O)c1noc(-c2cc(C(C)C)c(O)cc2O)c1-c1ccc(ON2CCOCC2)cc1. The van der Waals surface area contributed by atoms with Gasteiger partial charge in [0.05, 0.1) is 37.4 Å². The van der Waals surface area contributed by atoms with Crippen molar-refractivity contribution in [2.45, 2.75) is 39.5 Å². The molecule has 4 rings (SSSR count). The van der Waals surface area contributed by atoms with Gasteiger partial charge in [0.15, 0.2) is 17.2 Å². The third-order valence-electron chi connectivity index (χ3n) is 5.79. The molecule has 0 spiro atoms. The highest BCUT2D eigenvalue weighted by molar-refractivity contribution is 6.03. The van der Waals surface area contributed by atoms with E-state index >= 15 is 0 Å². The number of Topliss-reactive ketones (excluding diaryl/α,β-unsaturated/α-hetero) is 1. The lowest BCUT2D eigenvalue weighted by Gasteiger charge is -2.26. The predicted octanol–water partition coefficient (Wildman–Crippen LogP) is 5.15. The minimum absolute atomic E-state index is 0.00390. The summed E-state index contributed by atoms with van der Waals surface area (Å²) in [7, 11) is 0. The summed E-state index contributed by atoms with van der Waals surface area (Å²) in [6, 6.07) is 10.3. The molecule has 1 saturated heterocycles. The van der Waals surface area contributed by atoms with Crippen LogP contribution in [0.3, 0.4) is 0 Å². The van der Waals surface area contributed by atoms with Gasteiger partial charge in [0.25, 0.3) is 0 Å². The maximum atomic E-state index is 12.9. The van der Waals surface area contributed by atoms with Crippen LogP contribution in [0, 0.1) is 0 Å². The van der Waals surface area contributed by atoms with Gasteiger partial charge in [-0.15, -0.1) is 5.06 Å². The molecule has 8 heteroatoms. The predicted molar refractivity (Wildman–Crippen MR) is 127 cm³/mol. The summed E-state index contributed by atoms with van der Waals surface area (Å²) >= 11 is 0. The Morgan fingerprint density at radius 2 is 1.82 bits per heavy atom. The van der Waals surface area contributed by atoms with Gasteiger partial charge >= 0.3 is 0 Å². The van der Waals surface area contributed by atoms with Crippen molar-refractivity contribution < 1.29 is 29.1 Å². The van der Waals surface area contributed by atoms with Crippen LogP contribution in [0.2, 0.25) is 0 Å². The van der Waals surface area contributed by atoms with Gasteiger partial charge in [0.1, 0.15) is 17.2 Å². The van der Waals surface area contributed by atoms with E-state index in [-0.39, 0.29) is 34.7 Å². The molecule has 3 aromatic rings. The molecule has 0 atom stereocenters. The monoisotopic (exact) mass is 466 g/mol. The number of hydrogen-bond donors (Lipinski definition) is 2. The van der Waals surface area contributed by atoms with Crippen LogP contribution in [0.15, 0.2) is 40.9 Å². The van der Waals surface area contributed by atoms with Gasteiger partial charge in [0, 0.05) is 12.5 Å². The van der Waals surface area contributed by atoms with Crippen LogP contribution in [0.1, 0.15) is 55.6 Å². The van der Waals surface area contributed by atoms with Gasteiger partial charge in [-0.3, -0.25) is 4.79 Å². The number of ketones is 1. The minimum atomic E-state index is -0.152. The zero-order valence-electron chi connectivity index (χ0n) is 19.7. The van der Waals surface area contributed by atoms with Gasteiger partial charge in [0.2, 0.25) is 0 Å². The molecule has 2 N–H and O–H groups in total. The number of nitrogens with zero attached hydrogens (tertiary/aromatic N) is 2. The van der Waals surface area contributed by atoms with Crippen LogP contribution in [0.25, 0.3) is 22.5 Å². The average Bonchev–Trinajstić information content (AvgIpc) is 3.25. The summed E-state index contributed by atoms with van der Waals surface area (Å²) < 4.78 is 11.0. The first-order valence-corrected chi connectivity index (χ1v) is 11.6. The van der Waals surface area contributed by atoms with E-state index in [0.29, 0.717) is 67.1 Å². The van der Waals surface area contributed by atoms with Crippen molar-refractivity contribution in [3.05, 3.63) is 47.7 Å². The van der Waals surface area contributed by atoms with Gasteiger partial charge < -0.3 is 24.3 Å². The number of aromatic nitrogens is 1. The van der Waals surface area contributed by atoms with Crippen LogP contribution in [-0.2, 0) is 4.74 Å². The van der Waals surface area contributed by atoms with Crippen molar-refractivity contribution in [1.82, 2.24) is 10.2 Å². The van der Waals surface area contributed by atoms with Crippen LogP contribution in [-0.4, -0.2) is 52.5 Å². The van der Waals surface area contributed by atoms with Crippen molar-refractivity contribution in [1.29, 1.82) is 0 Å². The average molecular weight is 467 g/mol. The van der Waals surface area contributed by atoms with E-state index in [1.807, 2.05) is 50.1 Å². The summed E-state index contributed by atoms with van der Waals surface area (Å²) in [4.78, 5) is 18.8. The van der Waals surface area contributed by atoms with Crippen molar-refractivity contribution in [2.24, 2.45) is 0 Å². The molecule has 0 bridgehead atoms. The highest BCUT2D eigenvalue weighted by Gasteiger charge is 2.27. The largest absolute Gasteiger partial charge is 0.508 e. The number of hydroxylamine groups is 2. The Morgan fingerprint density at radius 3 is 2.47 bits per heavy atom. The van der Waals surface area contributed by atoms with Crippen LogP contribution in [0.4, 0.5) is 0 Å². The van der Waals surface area contributed by atoms with E-state index in [2.05, 4.69) is 5.16 Å². The topological polar surface area (TPSA) is 105 Å². The fraction of sp³-hybridized carbons (Fsp3) is 0.385. The number of hydrogen-bond acceptors (Lipinski definition) is 8. The Bertz CT molecular complexity index is 1150. The lowest BCUT2D eigenvalue weighted by Crippen LogP contribution is -2.38. The number of carbonyl (C=O) groups is 1. The molecule has 2 aromatic carbocycles. The molecule has 8 nitrogen and oxygen atoms in total. The maximum absolute atomic E-state index is 12.9. The molecule has 1 aliphatic rings. The summed E-state index contributed by atoms with van der Waals surface area (Å²) in [5, 5.41) is 26.8. The highest BCUT2D eigenvalue weighted by Crippen LogP contribution is 2.43. The first kappa shape index (κ1) is 23.8. The maximum Gasteiger partial charge on any atom is 0.185 e. The Balaban J connectivity index is 1.76. The van der Waals surface area contributed by atoms with Gasteiger partial charge in [-0.25, -0.2) is 0 Å². The minimum Gasteiger partial charge on any atom is -0.508 e. The molecule has 0 aliphatic carbocycles. The number of aromatic hydroxyl groups is 2. The van der Waals surface area contributed by atoms with E-state index in [1.54, 1.807) is 6.07 Å². The van der Waals surface area contributed by atoms with E-state index in [4.69, 9.17) is 14.1 Å².